The lowest BCUT2D eigenvalue weighted by Crippen LogP contribution is -1.91. The molecule has 3 nitrogen and oxygen atoms in total. The molecule has 46 valence electrons. The van der Waals surface area contributed by atoms with Gasteiger partial charge in [-0.25, -0.2) is 0 Å². The van der Waals surface area contributed by atoms with Crippen LogP contribution in [0.25, 0.3) is 0 Å². The van der Waals surface area contributed by atoms with Crippen molar-refractivity contribution in [1.82, 2.24) is 10.2 Å². The molecule has 1 aromatic rings. The van der Waals surface area contributed by atoms with Gasteiger partial charge in [0.05, 0.1) is 11.9 Å². The van der Waals surface area contributed by atoms with E-state index in [1.807, 2.05) is 0 Å². The molecule has 3 heteroatoms. The van der Waals surface area contributed by atoms with Crippen LogP contribution < -0.4 is 0 Å². The normalized spacial score (nSPS) is 9.00. The van der Waals surface area contributed by atoms with E-state index in [0.717, 1.165) is 6.29 Å². The topological polar surface area (TPSA) is 42.9 Å². The Morgan fingerprint density at radius 3 is 2.89 bits per heavy atom. The van der Waals surface area contributed by atoms with E-state index in [-0.39, 0.29) is 0 Å². The average molecular weight is 122 g/mol. The van der Waals surface area contributed by atoms with Gasteiger partial charge in [0.2, 0.25) is 0 Å². The van der Waals surface area contributed by atoms with Crippen LogP contribution in [0.1, 0.15) is 16.1 Å². The first-order chi connectivity index (χ1) is 4.34. The minimum atomic E-state index is 0.602. The van der Waals surface area contributed by atoms with Crippen molar-refractivity contribution < 1.29 is 4.79 Å². The van der Waals surface area contributed by atoms with Crippen LogP contribution >= 0.6 is 0 Å². The second-order valence-electron chi connectivity index (χ2n) is 1.69. The Kier molecular flexibility index (Phi) is 1.53. The van der Waals surface area contributed by atoms with E-state index in [0.29, 0.717) is 11.3 Å². The van der Waals surface area contributed by atoms with Crippen molar-refractivity contribution in [3.05, 3.63) is 23.5 Å². The molecule has 0 bridgehead atoms. The lowest BCUT2D eigenvalue weighted by molar-refractivity contribution is 0.112. The third-order valence-corrected chi connectivity index (χ3v) is 1.07. The number of rotatable bonds is 1. The summed E-state index contributed by atoms with van der Waals surface area (Å²) < 4.78 is 0. The summed E-state index contributed by atoms with van der Waals surface area (Å²) in [7, 11) is 0. The largest absolute Gasteiger partial charge is 0.298 e. The van der Waals surface area contributed by atoms with Crippen LogP contribution in [0, 0.1) is 6.92 Å². The number of carbonyl (C=O) groups is 1. The second-order valence-corrected chi connectivity index (χ2v) is 1.69. The highest BCUT2D eigenvalue weighted by molar-refractivity contribution is 5.75. The smallest absolute Gasteiger partial charge is 0.151 e. The van der Waals surface area contributed by atoms with Crippen molar-refractivity contribution in [3.8, 4) is 0 Å². The van der Waals surface area contributed by atoms with Gasteiger partial charge in [-0.2, -0.15) is 10.2 Å². The first kappa shape index (κ1) is 5.88. The minimum Gasteiger partial charge on any atom is -0.298 e. The van der Waals surface area contributed by atoms with Crippen molar-refractivity contribution in [2.24, 2.45) is 0 Å². The van der Waals surface area contributed by atoms with Crippen LogP contribution in [0.2, 0.25) is 0 Å². The molecule has 1 aromatic heterocycles. The number of aryl methyl sites for hydroxylation is 1. The molecule has 1 rings (SSSR count). The Balaban J connectivity index is 3.15. The highest BCUT2D eigenvalue weighted by atomic mass is 16.1. The molecule has 0 unspecified atom stereocenters. The Morgan fingerprint density at radius 1 is 1.67 bits per heavy atom. The predicted molar refractivity (Wildman–Crippen MR) is 32.2 cm³/mol. The molecular formula is C6H6N2O. The van der Waals surface area contributed by atoms with Crippen LogP contribution in [0.5, 0.6) is 0 Å². The van der Waals surface area contributed by atoms with Crippen LogP contribution in [0.3, 0.4) is 0 Å². The van der Waals surface area contributed by atoms with Crippen molar-refractivity contribution >= 4 is 6.29 Å². The summed E-state index contributed by atoms with van der Waals surface area (Å²) in [5, 5.41) is 7.25. The fourth-order valence-electron chi connectivity index (χ4n) is 0.536. The van der Waals surface area contributed by atoms with Gasteiger partial charge < -0.3 is 0 Å². The van der Waals surface area contributed by atoms with E-state index in [1.54, 1.807) is 13.0 Å². The maximum Gasteiger partial charge on any atom is 0.151 e. The van der Waals surface area contributed by atoms with E-state index in [4.69, 9.17) is 0 Å². The molecule has 0 radical (unpaired) electrons. The second kappa shape index (κ2) is 2.35. The van der Waals surface area contributed by atoms with Gasteiger partial charge in [-0.1, -0.05) is 0 Å². The van der Waals surface area contributed by atoms with E-state index < -0.39 is 0 Å². The summed E-state index contributed by atoms with van der Waals surface area (Å²) in [4.78, 5) is 10.2. The average Bonchev–Trinajstić information content (AvgIpc) is 1.89. The van der Waals surface area contributed by atoms with Gasteiger partial charge in [0.1, 0.15) is 0 Å². The van der Waals surface area contributed by atoms with Gasteiger partial charge in [0.25, 0.3) is 0 Å². The molecule has 0 spiro atoms. The quantitative estimate of drug-likeness (QED) is 0.512. The standard InChI is InChI=1S/C6H6N2O/c1-5-6(4-9)2-3-7-8-5/h2-4H,1H3. The molecule has 0 amide bonds. The Bertz CT molecular complexity index is 222. The number of hydrogen-bond donors (Lipinski definition) is 0. The summed E-state index contributed by atoms with van der Waals surface area (Å²) in [5.41, 5.74) is 1.28. The molecule has 9 heavy (non-hydrogen) atoms. The van der Waals surface area contributed by atoms with Crippen LogP contribution in [-0.2, 0) is 0 Å². The lowest BCUT2D eigenvalue weighted by atomic mass is 10.2. The van der Waals surface area contributed by atoms with Gasteiger partial charge >= 0.3 is 0 Å². The maximum absolute atomic E-state index is 10.2. The van der Waals surface area contributed by atoms with Gasteiger partial charge in [0.15, 0.2) is 6.29 Å². The van der Waals surface area contributed by atoms with E-state index >= 15 is 0 Å². The maximum atomic E-state index is 10.2. The van der Waals surface area contributed by atoms with Crippen molar-refractivity contribution in [1.29, 1.82) is 0 Å². The Morgan fingerprint density at radius 2 is 2.44 bits per heavy atom. The van der Waals surface area contributed by atoms with Gasteiger partial charge in [-0.15, -0.1) is 0 Å². The number of nitrogens with zero attached hydrogens (tertiary/aromatic N) is 2. The van der Waals surface area contributed by atoms with Gasteiger partial charge in [-0.3, -0.25) is 4.79 Å². The zero-order chi connectivity index (χ0) is 6.69. The number of carbonyl (C=O) groups excluding carboxylic acids is 1. The molecule has 0 aliphatic carbocycles. The zero-order valence-electron chi connectivity index (χ0n) is 5.03. The first-order valence-corrected chi connectivity index (χ1v) is 2.58. The van der Waals surface area contributed by atoms with Crippen molar-refractivity contribution in [2.75, 3.05) is 0 Å². The molecular weight excluding hydrogens is 116 g/mol. The molecule has 0 saturated heterocycles. The summed E-state index contributed by atoms with van der Waals surface area (Å²) in [5.74, 6) is 0. The monoisotopic (exact) mass is 122 g/mol. The summed E-state index contributed by atoms with van der Waals surface area (Å²) >= 11 is 0. The molecule has 0 saturated carbocycles. The molecule has 0 aliphatic heterocycles. The van der Waals surface area contributed by atoms with Crippen LogP contribution in [-0.4, -0.2) is 16.5 Å². The fourth-order valence-corrected chi connectivity index (χ4v) is 0.536. The molecule has 0 fully saturated rings. The number of hydrogen-bond acceptors (Lipinski definition) is 3. The summed E-state index contributed by atoms with van der Waals surface area (Å²) in [6.07, 6.45) is 2.26. The molecule has 0 aromatic carbocycles. The first-order valence-electron chi connectivity index (χ1n) is 2.58. The lowest BCUT2D eigenvalue weighted by Gasteiger charge is -1.90. The third kappa shape index (κ3) is 1.10. The Hall–Kier alpha value is -1.25. The highest BCUT2D eigenvalue weighted by Crippen LogP contribution is 1.95. The number of aromatic nitrogens is 2. The van der Waals surface area contributed by atoms with Gasteiger partial charge in [0, 0.05) is 5.56 Å². The Labute approximate surface area is 52.7 Å². The minimum absolute atomic E-state index is 0.602. The number of aldehydes is 1. The highest BCUT2D eigenvalue weighted by Gasteiger charge is 1.93. The van der Waals surface area contributed by atoms with E-state index in [9.17, 15) is 4.79 Å². The van der Waals surface area contributed by atoms with E-state index in [1.165, 1.54) is 6.20 Å². The summed E-state index contributed by atoms with van der Waals surface area (Å²) in [6.45, 7) is 1.75. The van der Waals surface area contributed by atoms with Crippen LogP contribution in [0.4, 0.5) is 0 Å². The molecule has 0 atom stereocenters. The fraction of sp³-hybridized carbons (Fsp3) is 0.167. The predicted octanol–water partition coefficient (Wildman–Crippen LogP) is 0.598. The van der Waals surface area contributed by atoms with Crippen molar-refractivity contribution in [2.45, 2.75) is 6.92 Å². The molecule has 0 N–H and O–H groups in total. The van der Waals surface area contributed by atoms with Crippen LogP contribution in [0.15, 0.2) is 12.3 Å². The van der Waals surface area contributed by atoms with E-state index in [2.05, 4.69) is 10.2 Å². The summed E-state index contributed by atoms with van der Waals surface area (Å²) in [6, 6.07) is 1.63. The zero-order valence-corrected chi connectivity index (χ0v) is 5.03. The SMILES string of the molecule is Cc1nnccc1C=O. The third-order valence-electron chi connectivity index (χ3n) is 1.07. The molecule has 0 aliphatic rings. The van der Waals surface area contributed by atoms with Crippen molar-refractivity contribution in [3.63, 3.8) is 0 Å². The van der Waals surface area contributed by atoms with Gasteiger partial charge in [-0.05, 0) is 13.0 Å². The molecule has 1 heterocycles.